The number of ketones is 1. The van der Waals surface area contributed by atoms with Gasteiger partial charge in [-0.2, -0.15) is 11.8 Å². The predicted octanol–water partition coefficient (Wildman–Crippen LogP) is 2.25. The lowest BCUT2D eigenvalue weighted by Gasteiger charge is -2.19. The molecular weight excluding hydrogens is 456 g/mol. The molecule has 0 radical (unpaired) electrons. The topological polar surface area (TPSA) is 127 Å². The minimum atomic E-state index is -0.503. The number of aromatic nitrogens is 3. The molecule has 1 amide bonds. The molecule has 0 atom stereocenters. The van der Waals surface area contributed by atoms with Crippen LogP contribution in [0.3, 0.4) is 0 Å². The molecular formula is C24H24N4O5S. The van der Waals surface area contributed by atoms with Crippen molar-refractivity contribution in [3.8, 4) is 11.1 Å². The molecule has 9 nitrogen and oxygen atoms in total. The number of amides is 1. The van der Waals surface area contributed by atoms with Crippen LogP contribution in [0.4, 0.5) is 0 Å². The van der Waals surface area contributed by atoms with E-state index < -0.39 is 5.69 Å². The van der Waals surface area contributed by atoms with Gasteiger partial charge < -0.3 is 9.84 Å². The van der Waals surface area contributed by atoms with E-state index in [2.05, 4.69) is 15.5 Å². The number of benzene rings is 1. The first-order valence-corrected chi connectivity index (χ1v) is 12.4. The first-order chi connectivity index (χ1) is 16.5. The Bertz CT molecular complexity index is 1350. The summed E-state index contributed by atoms with van der Waals surface area (Å²) in [6.07, 6.45) is 4.57. The van der Waals surface area contributed by atoms with Crippen LogP contribution in [0.5, 0.6) is 0 Å². The summed E-state index contributed by atoms with van der Waals surface area (Å²) in [5.41, 5.74) is 2.84. The van der Waals surface area contributed by atoms with Crippen LogP contribution in [-0.4, -0.2) is 38.7 Å². The number of H-pyrrole nitrogens is 1. The van der Waals surface area contributed by atoms with Crippen molar-refractivity contribution in [2.45, 2.75) is 43.9 Å². The molecule has 5 rings (SSSR count). The van der Waals surface area contributed by atoms with E-state index >= 15 is 0 Å². The van der Waals surface area contributed by atoms with E-state index in [1.807, 2.05) is 12.1 Å². The summed E-state index contributed by atoms with van der Waals surface area (Å²) in [5, 5.41) is 6.54. The van der Waals surface area contributed by atoms with Gasteiger partial charge >= 0.3 is 5.69 Å². The summed E-state index contributed by atoms with van der Waals surface area (Å²) in [6, 6.07) is 7.18. The highest BCUT2D eigenvalue weighted by Crippen LogP contribution is 2.44. The Kier molecular flexibility index (Phi) is 6.23. The van der Waals surface area contributed by atoms with E-state index in [9.17, 15) is 19.2 Å². The van der Waals surface area contributed by atoms with Gasteiger partial charge in [0.05, 0.1) is 12.7 Å². The number of hydrogen-bond donors (Lipinski definition) is 2. The molecule has 1 saturated carbocycles. The average Bonchev–Trinajstić information content (AvgIpc) is 3.58. The summed E-state index contributed by atoms with van der Waals surface area (Å²) >= 11 is 1.64. The number of hydrogen-bond acceptors (Lipinski definition) is 7. The van der Waals surface area contributed by atoms with Crippen LogP contribution < -0.4 is 16.6 Å². The maximum absolute atomic E-state index is 12.5. The molecule has 1 fully saturated rings. The normalized spacial score (nSPS) is 15.1. The predicted molar refractivity (Wildman–Crippen MR) is 127 cm³/mol. The fourth-order valence-electron chi connectivity index (χ4n) is 4.19. The molecule has 2 N–H and O–H groups in total. The Labute approximate surface area is 198 Å². The molecule has 2 aromatic heterocycles. The standard InChI is InChI=1S/C24H24N4O5S/c29-20(15-3-1-14(2-4-15)17-11-26-33-22(17)16-5-6-16)12-25-21(30)7-9-28-19-8-10-34-13-18(19)23(31)27-24(28)32/h1-4,11,16H,5-10,12-13H2,(H,25,30)(H,27,31,32). The van der Waals surface area contributed by atoms with Crippen LogP contribution in [-0.2, 0) is 23.5 Å². The number of carbonyl (C=O) groups excluding carboxylic acids is 2. The fourth-order valence-corrected chi connectivity index (χ4v) is 5.18. The number of nitrogens with zero attached hydrogens (tertiary/aromatic N) is 2. The van der Waals surface area contributed by atoms with Crippen molar-refractivity contribution in [1.82, 2.24) is 20.0 Å². The van der Waals surface area contributed by atoms with Gasteiger partial charge in [-0.25, -0.2) is 4.79 Å². The van der Waals surface area contributed by atoms with Crippen LogP contribution >= 0.6 is 11.8 Å². The Morgan fingerprint density at radius 2 is 2.00 bits per heavy atom. The summed E-state index contributed by atoms with van der Waals surface area (Å²) < 4.78 is 6.85. The van der Waals surface area contributed by atoms with E-state index in [1.54, 1.807) is 30.1 Å². The third-order valence-corrected chi connectivity index (χ3v) is 7.20. The number of aromatic amines is 1. The van der Waals surface area contributed by atoms with Gasteiger partial charge in [0.25, 0.3) is 5.56 Å². The largest absolute Gasteiger partial charge is 0.360 e. The third kappa shape index (κ3) is 4.63. The molecule has 1 aliphatic carbocycles. The van der Waals surface area contributed by atoms with E-state index in [0.29, 0.717) is 34.9 Å². The molecule has 1 aliphatic heterocycles. The van der Waals surface area contributed by atoms with Crippen molar-refractivity contribution in [2.75, 3.05) is 12.3 Å². The smallest absolute Gasteiger partial charge is 0.328 e. The van der Waals surface area contributed by atoms with Gasteiger partial charge in [-0.1, -0.05) is 29.4 Å². The first-order valence-electron chi connectivity index (χ1n) is 11.3. The van der Waals surface area contributed by atoms with E-state index in [0.717, 1.165) is 35.5 Å². The van der Waals surface area contributed by atoms with Gasteiger partial charge in [0.2, 0.25) is 5.91 Å². The second-order valence-corrected chi connectivity index (χ2v) is 9.65. The van der Waals surface area contributed by atoms with Crippen molar-refractivity contribution in [2.24, 2.45) is 0 Å². The molecule has 3 aromatic rings. The second-order valence-electron chi connectivity index (χ2n) is 8.54. The number of thioether (sulfide) groups is 1. The maximum Gasteiger partial charge on any atom is 0.328 e. The SMILES string of the molecule is O=C(CCn1c2c(c(=O)[nH]c1=O)CSCC2)NCC(=O)c1ccc(-c2cnoc2C2CC2)cc1. The van der Waals surface area contributed by atoms with Gasteiger partial charge in [-0.15, -0.1) is 0 Å². The zero-order valence-corrected chi connectivity index (χ0v) is 19.3. The Hall–Kier alpha value is -3.40. The molecule has 0 unspecified atom stereocenters. The van der Waals surface area contributed by atoms with E-state index in [1.165, 1.54) is 4.57 Å². The molecule has 34 heavy (non-hydrogen) atoms. The monoisotopic (exact) mass is 480 g/mol. The summed E-state index contributed by atoms with van der Waals surface area (Å²) in [6.45, 7) is 0.0213. The minimum Gasteiger partial charge on any atom is -0.360 e. The number of carbonyl (C=O) groups is 2. The molecule has 0 saturated heterocycles. The zero-order valence-electron chi connectivity index (χ0n) is 18.5. The van der Waals surface area contributed by atoms with Gasteiger partial charge in [0.15, 0.2) is 5.78 Å². The van der Waals surface area contributed by atoms with Crippen LogP contribution in [0.2, 0.25) is 0 Å². The molecule has 0 bridgehead atoms. The number of nitrogens with one attached hydrogen (secondary N) is 2. The van der Waals surface area contributed by atoms with Gasteiger partial charge in [-0.05, 0) is 30.6 Å². The first kappa shape index (κ1) is 22.4. The minimum absolute atomic E-state index is 0.0369. The molecule has 10 heteroatoms. The van der Waals surface area contributed by atoms with Gasteiger partial charge in [0.1, 0.15) is 5.76 Å². The lowest BCUT2D eigenvalue weighted by Crippen LogP contribution is -2.38. The molecule has 0 spiro atoms. The number of rotatable bonds is 8. The summed E-state index contributed by atoms with van der Waals surface area (Å²) in [7, 11) is 0. The molecule has 3 heterocycles. The summed E-state index contributed by atoms with van der Waals surface area (Å²) in [4.78, 5) is 51.5. The van der Waals surface area contributed by atoms with Crippen molar-refractivity contribution in [3.05, 3.63) is 73.9 Å². The van der Waals surface area contributed by atoms with Crippen molar-refractivity contribution >= 4 is 23.5 Å². The average molecular weight is 481 g/mol. The lowest BCUT2D eigenvalue weighted by molar-refractivity contribution is -0.121. The Balaban J connectivity index is 1.17. The maximum atomic E-state index is 12.5. The highest BCUT2D eigenvalue weighted by Gasteiger charge is 2.30. The van der Waals surface area contributed by atoms with Crippen molar-refractivity contribution < 1.29 is 14.1 Å². The number of Topliss-reactive ketones (excluding diaryl/α,β-unsaturated/α-hetero) is 1. The van der Waals surface area contributed by atoms with E-state index in [4.69, 9.17) is 4.52 Å². The van der Waals surface area contributed by atoms with Crippen molar-refractivity contribution in [1.29, 1.82) is 0 Å². The molecule has 1 aromatic carbocycles. The molecule has 2 aliphatic rings. The highest BCUT2D eigenvalue weighted by molar-refractivity contribution is 7.98. The highest BCUT2D eigenvalue weighted by atomic mass is 32.2. The second kappa shape index (κ2) is 9.46. The Morgan fingerprint density at radius 1 is 1.21 bits per heavy atom. The lowest BCUT2D eigenvalue weighted by atomic mass is 10.0. The fraction of sp³-hybridized carbons (Fsp3) is 0.375. The van der Waals surface area contributed by atoms with Gasteiger partial charge in [-0.3, -0.25) is 23.9 Å². The van der Waals surface area contributed by atoms with Gasteiger partial charge in [0, 0.05) is 47.0 Å². The zero-order chi connectivity index (χ0) is 23.7. The number of fused-ring (bicyclic) bond motifs is 1. The Morgan fingerprint density at radius 3 is 2.76 bits per heavy atom. The molecule has 176 valence electrons. The van der Waals surface area contributed by atoms with Crippen molar-refractivity contribution in [3.63, 3.8) is 0 Å². The third-order valence-electron chi connectivity index (χ3n) is 6.22. The van der Waals surface area contributed by atoms with Crippen LogP contribution in [0.25, 0.3) is 11.1 Å². The van der Waals surface area contributed by atoms with Crippen LogP contribution in [0, 0.1) is 0 Å². The summed E-state index contributed by atoms with van der Waals surface area (Å²) in [5.74, 6) is 2.18. The van der Waals surface area contributed by atoms with Crippen LogP contribution in [0.15, 0.2) is 44.6 Å². The van der Waals surface area contributed by atoms with Crippen LogP contribution in [0.1, 0.15) is 52.6 Å². The van der Waals surface area contributed by atoms with E-state index in [-0.39, 0.29) is 36.8 Å². The quantitative estimate of drug-likeness (QED) is 0.474.